The Labute approximate surface area is 174 Å². The molecule has 154 valence electrons. The van der Waals surface area contributed by atoms with Gasteiger partial charge in [-0.1, -0.05) is 17.7 Å². The summed E-state index contributed by atoms with van der Waals surface area (Å²) in [4.78, 5) is 12.7. The number of sulfonamides is 1. The number of benzene rings is 3. The average molecular weight is 424 g/mol. The minimum absolute atomic E-state index is 0.160. The second kappa shape index (κ2) is 7.72. The Hall–Kier alpha value is -3.52. The van der Waals surface area contributed by atoms with Crippen molar-refractivity contribution in [2.45, 2.75) is 11.8 Å². The Bertz CT molecular complexity index is 1190. The molecule has 0 saturated heterocycles. The first-order valence-corrected chi connectivity index (χ1v) is 10.7. The van der Waals surface area contributed by atoms with E-state index >= 15 is 0 Å². The van der Waals surface area contributed by atoms with E-state index in [1.165, 1.54) is 11.4 Å². The second-order valence-electron chi connectivity index (χ2n) is 6.85. The zero-order valence-corrected chi connectivity index (χ0v) is 17.3. The van der Waals surface area contributed by atoms with Crippen LogP contribution in [-0.2, 0) is 10.0 Å². The van der Waals surface area contributed by atoms with Crippen molar-refractivity contribution in [3.05, 3.63) is 77.9 Å². The van der Waals surface area contributed by atoms with E-state index in [9.17, 15) is 13.2 Å². The topological polar surface area (TPSA) is 84.9 Å². The van der Waals surface area contributed by atoms with Gasteiger partial charge in [0.2, 0.25) is 6.79 Å². The molecule has 1 N–H and O–H groups in total. The van der Waals surface area contributed by atoms with Crippen LogP contribution in [0.4, 0.5) is 11.4 Å². The number of aryl methyl sites for hydroxylation is 1. The maximum Gasteiger partial charge on any atom is 0.264 e. The molecular formula is C22H20N2O5S. The number of rotatable bonds is 5. The summed E-state index contributed by atoms with van der Waals surface area (Å²) in [6.45, 7) is 2.06. The highest BCUT2D eigenvalue weighted by atomic mass is 32.2. The van der Waals surface area contributed by atoms with Gasteiger partial charge in [0.1, 0.15) is 0 Å². The van der Waals surface area contributed by atoms with E-state index in [1.54, 1.807) is 66.7 Å². The maximum atomic E-state index is 12.8. The number of amides is 1. The molecule has 3 aromatic rings. The lowest BCUT2D eigenvalue weighted by atomic mass is 10.2. The van der Waals surface area contributed by atoms with Crippen LogP contribution in [0.1, 0.15) is 15.9 Å². The number of carbonyl (C=O) groups is 1. The van der Waals surface area contributed by atoms with Crippen LogP contribution in [0.2, 0.25) is 0 Å². The molecule has 30 heavy (non-hydrogen) atoms. The number of hydrogen-bond acceptors (Lipinski definition) is 5. The number of anilines is 2. The number of ether oxygens (including phenoxy) is 2. The summed E-state index contributed by atoms with van der Waals surface area (Å²) >= 11 is 0. The molecule has 0 aromatic heterocycles. The molecule has 1 aliphatic rings. The van der Waals surface area contributed by atoms with E-state index in [0.717, 1.165) is 5.56 Å². The Morgan fingerprint density at radius 3 is 2.30 bits per heavy atom. The normalized spacial score (nSPS) is 12.5. The minimum Gasteiger partial charge on any atom is -0.454 e. The predicted molar refractivity (Wildman–Crippen MR) is 114 cm³/mol. The van der Waals surface area contributed by atoms with Crippen LogP contribution in [-0.4, -0.2) is 28.2 Å². The minimum atomic E-state index is -3.69. The fourth-order valence-electron chi connectivity index (χ4n) is 3.01. The molecule has 8 heteroatoms. The molecule has 1 heterocycles. The van der Waals surface area contributed by atoms with E-state index in [0.29, 0.717) is 28.4 Å². The Morgan fingerprint density at radius 2 is 1.60 bits per heavy atom. The molecular weight excluding hydrogens is 404 g/mol. The van der Waals surface area contributed by atoms with Crippen LogP contribution in [0.25, 0.3) is 0 Å². The molecule has 0 radical (unpaired) electrons. The molecule has 0 saturated carbocycles. The zero-order chi connectivity index (χ0) is 21.3. The molecule has 0 aliphatic carbocycles. The highest BCUT2D eigenvalue weighted by Crippen LogP contribution is 2.34. The second-order valence-corrected chi connectivity index (χ2v) is 8.82. The van der Waals surface area contributed by atoms with Crippen LogP contribution in [0.5, 0.6) is 11.5 Å². The SMILES string of the molecule is Cc1ccc(S(=O)(=O)N(C)c2ccc(C(=O)Nc3ccc4c(c3)OCO4)cc2)cc1. The molecule has 0 spiro atoms. The molecule has 1 aliphatic heterocycles. The van der Waals surface area contributed by atoms with Crippen molar-refractivity contribution >= 4 is 27.3 Å². The molecule has 0 unspecified atom stereocenters. The first kappa shape index (κ1) is 19.8. The van der Waals surface area contributed by atoms with Gasteiger partial charge >= 0.3 is 0 Å². The van der Waals surface area contributed by atoms with Crippen LogP contribution in [0.3, 0.4) is 0 Å². The Morgan fingerprint density at radius 1 is 0.933 bits per heavy atom. The van der Waals surface area contributed by atoms with Crippen LogP contribution < -0.4 is 19.1 Å². The van der Waals surface area contributed by atoms with Gasteiger partial charge in [0.25, 0.3) is 15.9 Å². The van der Waals surface area contributed by atoms with E-state index in [1.807, 2.05) is 6.92 Å². The fourth-order valence-corrected chi connectivity index (χ4v) is 4.20. The van der Waals surface area contributed by atoms with Crippen LogP contribution >= 0.6 is 0 Å². The lowest BCUT2D eigenvalue weighted by Gasteiger charge is -2.20. The van der Waals surface area contributed by atoms with Crippen molar-refractivity contribution in [1.29, 1.82) is 0 Å². The average Bonchev–Trinajstić information content (AvgIpc) is 3.21. The number of hydrogen-bond donors (Lipinski definition) is 1. The van der Waals surface area contributed by atoms with E-state index in [4.69, 9.17) is 9.47 Å². The number of nitrogens with zero attached hydrogens (tertiary/aromatic N) is 1. The molecule has 0 bridgehead atoms. The summed E-state index contributed by atoms with van der Waals surface area (Å²) in [5, 5.41) is 2.79. The third-order valence-corrected chi connectivity index (χ3v) is 6.60. The number of carbonyl (C=O) groups excluding carboxylic acids is 1. The van der Waals surface area contributed by atoms with Gasteiger partial charge in [-0.2, -0.15) is 0 Å². The first-order valence-electron chi connectivity index (χ1n) is 9.21. The van der Waals surface area contributed by atoms with Gasteiger partial charge in [0, 0.05) is 24.4 Å². The van der Waals surface area contributed by atoms with E-state index in [2.05, 4.69) is 5.32 Å². The molecule has 7 nitrogen and oxygen atoms in total. The van der Waals surface area contributed by atoms with Gasteiger partial charge in [0.15, 0.2) is 11.5 Å². The largest absolute Gasteiger partial charge is 0.454 e. The summed E-state index contributed by atoms with van der Waals surface area (Å²) < 4.78 is 37.4. The van der Waals surface area contributed by atoms with Crippen molar-refractivity contribution in [3.63, 3.8) is 0 Å². The summed E-state index contributed by atoms with van der Waals surface area (Å²) in [6, 6.07) is 18.2. The zero-order valence-electron chi connectivity index (χ0n) is 16.5. The van der Waals surface area contributed by atoms with Gasteiger partial charge in [-0.3, -0.25) is 9.10 Å². The Balaban J connectivity index is 1.49. The summed E-state index contributed by atoms with van der Waals surface area (Å²) in [7, 11) is -2.21. The molecule has 4 rings (SSSR count). The number of fused-ring (bicyclic) bond motifs is 1. The van der Waals surface area contributed by atoms with Crippen LogP contribution in [0.15, 0.2) is 71.6 Å². The van der Waals surface area contributed by atoms with Gasteiger partial charge in [-0.05, 0) is 55.5 Å². The fraction of sp³-hybridized carbons (Fsp3) is 0.136. The van der Waals surface area contributed by atoms with Crippen LogP contribution in [0, 0.1) is 6.92 Å². The third kappa shape index (κ3) is 3.81. The third-order valence-electron chi connectivity index (χ3n) is 4.80. The van der Waals surface area contributed by atoms with Crippen molar-refractivity contribution in [2.24, 2.45) is 0 Å². The van der Waals surface area contributed by atoms with Crippen molar-refractivity contribution in [2.75, 3.05) is 23.5 Å². The van der Waals surface area contributed by atoms with E-state index in [-0.39, 0.29) is 17.6 Å². The summed E-state index contributed by atoms with van der Waals surface area (Å²) in [5.41, 5.74) is 2.41. The summed E-state index contributed by atoms with van der Waals surface area (Å²) in [5.74, 6) is 0.894. The standard InChI is InChI=1S/C22H20N2O5S/c1-15-3-10-19(11-4-15)30(26,27)24(2)18-8-5-16(6-9-18)22(25)23-17-7-12-20-21(13-17)29-14-28-20/h3-13H,14H2,1-2H3,(H,23,25). The van der Waals surface area contributed by atoms with Gasteiger partial charge in [-0.25, -0.2) is 8.42 Å². The first-order chi connectivity index (χ1) is 14.3. The predicted octanol–water partition coefficient (Wildman–Crippen LogP) is 3.80. The molecule has 1 amide bonds. The smallest absolute Gasteiger partial charge is 0.264 e. The lowest BCUT2D eigenvalue weighted by Crippen LogP contribution is -2.26. The van der Waals surface area contributed by atoms with Gasteiger partial charge in [0.05, 0.1) is 10.6 Å². The monoisotopic (exact) mass is 424 g/mol. The highest BCUT2D eigenvalue weighted by molar-refractivity contribution is 7.92. The number of nitrogens with one attached hydrogen (secondary N) is 1. The van der Waals surface area contributed by atoms with Gasteiger partial charge < -0.3 is 14.8 Å². The van der Waals surface area contributed by atoms with Crippen molar-refractivity contribution in [1.82, 2.24) is 0 Å². The van der Waals surface area contributed by atoms with Crippen molar-refractivity contribution in [3.8, 4) is 11.5 Å². The molecule has 0 atom stereocenters. The molecule has 3 aromatic carbocycles. The van der Waals surface area contributed by atoms with Crippen molar-refractivity contribution < 1.29 is 22.7 Å². The summed E-state index contributed by atoms with van der Waals surface area (Å²) in [6.07, 6.45) is 0. The quantitative estimate of drug-likeness (QED) is 0.673. The Kier molecular flexibility index (Phi) is 5.09. The van der Waals surface area contributed by atoms with E-state index < -0.39 is 10.0 Å². The maximum absolute atomic E-state index is 12.8. The lowest BCUT2D eigenvalue weighted by molar-refractivity contribution is 0.102. The molecule has 0 fully saturated rings. The highest BCUT2D eigenvalue weighted by Gasteiger charge is 2.21. The van der Waals surface area contributed by atoms with Gasteiger partial charge in [-0.15, -0.1) is 0 Å².